The van der Waals surface area contributed by atoms with Gasteiger partial charge < -0.3 is 49.5 Å². The van der Waals surface area contributed by atoms with Crippen LogP contribution in [0, 0.1) is 11.8 Å². The van der Waals surface area contributed by atoms with Gasteiger partial charge in [0.25, 0.3) is 0 Å². The van der Waals surface area contributed by atoms with E-state index in [2.05, 4.69) is 0 Å². The highest BCUT2D eigenvalue weighted by Crippen LogP contribution is 2.29. The lowest BCUT2D eigenvalue weighted by molar-refractivity contribution is -0.317. The molecular formula is C28H42N3O10-5. The van der Waals surface area contributed by atoms with Crippen molar-refractivity contribution in [1.29, 1.82) is 0 Å². The Morgan fingerprint density at radius 2 is 0.854 bits per heavy atom. The molecule has 0 heterocycles. The SMILES string of the molecule is O=C([O-])CN(CCN(CC(=O)[O-])[C@@H](CC1CCCCC1)C(=O)[O-])CCN(CC(=O)[O-])[C@@H](CC1CCCCC1)C(=O)[O-]. The molecule has 2 rings (SSSR count). The van der Waals surface area contributed by atoms with Gasteiger partial charge in [0, 0.05) is 45.8 Å². The standard InChI is InChI=1S/C28H47N3O10/c32-24(33)17-29(11-13-30(18-25(34)35)22(27(38)39)15-20-7-3-1-4-8-20)12-14-31(19-26(36)37)23(28(40)41)16-21-9-5-2-6-10-21/h20-23H,1-19H2,(H,32,33)(H,34,35)(H,36,37)(H,38,39)(H,40,41)/p-5/t22-,23-/m0/s1. The summed E-state index contributed by atoms with van der Waals surface area (Å²) >= 11 is 0. The zero-order chi connectivity index (χ0) is 30.4. The normalized spacial score (nSPS) is 18.4. The maximum atomic E-state index is 12.0. The zero-order valence-corrected chi connectivity index (χ0v) is 23.7. The molecule has 13 nitrogen and oxygen atoms in total. The minimum Gasteiger partial charge on any atom is -0.549 e. The lowest BCUT2D eigenvalue weighted by Gasteiger charge is -2.38. The van der Waals surface area contributed by atoms with Crippen LogP contribution < -0.4 is 25.5 Å². The fourth-order valence-electron chi connectivity index (χ4n) is 6.28. The third kappa shape index (κ3) is 13.2. The maximum Gasteiger partial charge on any atom is 0.0586 e. The lowest BCUT2D eigenvalue weighted by atomic mass is 9.84. The van der Waals surface area contributed by atoms with Gasteiger partial charge in [0.1, 0.15) is 0 Å². The number of hydrogen-bond acceptors (Lipinski definition) is 13. The monoisotopic (exact) mass is 580 g/mol. The number of nitrogens with zero attached hydrogens (tertiary/aromatic N) is 3. The van der Waals surface area contributed by atoms with Gasteiger partial charge in [0.2, 0.25) is 0 Å². The van der Waals surface area contributed by atoms with Crippen molar-refractivity contribution in [2.75, 3.05) is 45.8 Å². The van der Waals surface area contributed by atoms with Gasteiger partial charge in [-0.2, -0.15) is 0 Å². The molecule has 0 aliphatic heterocycles. The van der Waals surface area contributed by atoms with E-state index in [1.807, 2.05) is 0 Å². The van der Waals surface area contributed by atoms with Crippen molar-refractivity contribution in [1.82, 2.24) is 14.7 Å². The topological polar surface area (TPSA) is 210 Å². The van der Waals surface area contributed by atoms with Gasteiger partial charge in [0.15, 0.2) is 0 Å². The second kappa shape index (κ2) is 17.9. The van der Waals surface area contributed by atoms with Crippen LogP contribution in [-0.2, 0) is 24.0 Å². The Bertz CT molecular complexity index is 811. The highest BCUT2D eigenvalue weighted by molar-refractivity contribution is 5.74. The second-order valence-electron chi connectivity index (χ2n) is 11.5. The van der Waals surface area contributed by atoms with Gasteiger partial charge in [-0.1, -0.05) is 64.2 Å². The van der Waals surface area contributed by atoms with E-state index < -0.39 is 61.6 Å². The molecule has 0 saturated heterocycles. The predicted molar refractivity (Wildman–Crippen MR) is 135 cm³/mol. The molecule has 0 unspecified atom stereocenters. The fourth-order valence-corrected chi connectivity index (χ4v) is 6.28. The van der Waals surface area contributed by atoms with Crippen LogP contribution in [0.2, 0.25) is 0 Å². The largest absolute Gasteiger partial charge is 0.549 e. The van der Waals surface area contributed by atoms with Crippen molar-refractivity contribution < 1.29 is 49.5 Å². The van der Waals surface area contributed by atoms with Crippen LogP contribution in [0.25, 0.3) is 0 Å². The molecule has 0 aromatic rings. The van der Waals surface area contributed by atoms with Gasteiger partial charge >= 0.3 is 0 Å². The van der Waals surface area contributed by atoms with Crippen LogP contribution in [0.5, 0.6) is 0 Å². The molecule has 2 fully saturated rings. The molecule has 2 aliphatic rings. The van der Waals surface area contributed by atoms with Crippen LogP contribution in [0.15, 0.2) is 0 Å². The third-order valence-electron chi connectivity index (χ3n) is 8.41. The van der Waals surface area contributed by atoms with Crippen LogP contribution >= 0.6 is 0 Å². The summed E-state index contributed by atoms with van der Waals surface area (Å²) < 4.78 is 0. The van der Waals surface area contributed by atoms with E-state index >= 15 is 0 Å². The summed E-state index contributed by atoms with van der Waals surface area (Å²) in [6.45, 7) is -2.53. The second-order valence-corrected chi connectivity index (χ2v) is 11.5. The molecule has 234 valence electrons. The first-order chi connectivity index (χ1) is 19.5. The van der Waals surface area contributed by atoms with Gasteiger partial charge in [-0.15, -0.1) is 0 Å². The van der Waals surface area contributed by atoms with Crippen LogP contribution in [0.4, 0.5) is 0 Å². The van der Waals surface area contributed by atoms with Crippen molar-refractivity contribution in [3.63, 3.8) is 0 Å². The van der Waals surface area contributed by atoms with Gasteiger partial charge in [0.05, 0.1) is 41.9 Å². The van der Waals surface area contributed by atoms with E-state index in [4.69, 9.17) is 0 Å². The van der Waals surface area contributed by atoms with Crippen molar-refractivity contribution in [2.24, 2.45) is 11.8 Å². The fraction of sp³-hybridized carbons (Fsp3) is 0.821. The predicted octanol–water partition coefficient (Wildman–Crippen LogP) is -4.68. The first kappa shape index (κ1) is 34.4. The van der Waals surface area contributed by atoms with Crippen LogP contribution in [0.1, 0.15) is 77.0 Å². The first-order valence-electron chi connectivity index (χ1n) is 14.7. The van der Waals surface area contributed by atoms with E-state index in [0.29, 0.717) is 0 Å². The minimum atomic E-state index is -1.49. The molecule has 0 aromatic heterocycles. The Kier molecular flexibility index (Phi) is 15.0. The van der Waals surface area contributed by atoms with Crippen molar-refractivity contribution in [3.05, 3.63) is 0 Å². The van der Waals surface area contributed by atoms with Gasteiger partial charge in [-0.25, -0.2) is 0 Å². The number of carbonyl (C=O) groups excluding carboxylic acids is 5. The molecule has 2 aliphatic carbocycles. The smallest absolute Gasteiger partial charge is 0.0586 e. The Hall–Kier alpha value is -2.77. The molecule has 2 atom stereocenters. The highest BCUT2D eigenvalue weighted by Gasteiger charge is 2.28. The van der Waals surface area contributed by atoms with Crippen molar-refractivity contribution in [3.8, 4) is 0 Å². The highest BCUT2D eigenvalue weighted by atomic mass is 16.4. The summed E-state index contributed by atoms with van der Waals surface area (Å²) in [5.74, 6) is -7.11. The average molecular weight is 581 g/mol. The summed E-state index contributed by atoms with van der Waals surface area (Å²) in [5.41, 5.74) is 0. The Morgan fingerprint density at radius 1 is 0.512 bits per heavy atom. The van der Waals surface area contributed by atoms with Crippen molar-refractivity contribution >= 4 is 29.8 Å². The van der Waals surface area contributed by atoms with E-state index in [-0.39, 0.29) is 50.9 Å². The number of carboxylic acids is 5. The van der Waals surface area contributed by atoms with E-state index in [1.165, 1.54) is 14.7 Å². The third-order valence-corrected chi connectivity index (χ3v) is 8.41. The molecule has 0 bridgehead atoms. The quantitative estimate of drug-likeness (QED) is 0.133. The Balaban J connectivity index is 2.13. The number of rotatable bonds is 20. The summed E-state index contributed by atoms with van der Waals surface area (Å²) in [5, 5.41) is 58.4. The molecular weight excluding hydrogens is 538 g/mol. The average Bonchev–Trinajstić information content (AvgIpc) is 2.90. The summed E-state index contributed by atoms with van der Waals surface area (Å²) in [4.78, 5) is 62.1. The zero-order valence-electron chi connectivity index (χ0n) is 23.7. The Morgan fingerprint density at radius 3 is 1.15 bits per heavy atom. The maximum absolute atomic E-state index is 12.0. The van der Waals surface area contributed by atoms with E-state index in [0.717, 1.165) is 64.2 Å². The molecule has 41 heavy (non-hydrogen) atoms. The number of hydrogen-bond donors (Lipinski definition) is 0. The van der Waals surface area contributed by atoms with Crippen molar-refractivity contribution in [2.45, 2.75) is 89.1 Å². The van der Waals surface area contributed by atoms with Gasteiger partial charge in [-0.05, 0) is 24.7 Å². The van der Waals surface area contributed by atoms with E-state index in [9.17, 15) is 49.5 Å². The molecule has 0 aromatic carbocycles. The summed E-state index contributed by atoms with van der Waals surface area (Å²) in [6.07, 6.45) is 9.66. The first-order valence-corrected chi connectivity index (χ1v) is 14.7. The van der Waals surface area contributed by atoms with Crippen LogP contribution in [0.3, 0.4) is 0 Å². The number of aliphatic carboxylic acids is 5. The number of carboxylic acid groups (broad SMARTS) is 5. The molecule has 0 spiro atoms. The Labute approximate surface area is 241 Å². The molecule has 13 heteroatoms. The lowest BCUT2D eigenvalue weighted by Crippen LogP contribution is -2.56. The molecule has 0 amide bonds. The molecule has 0 N–H and O–H groups in total. The summed E-state index contributed by atoms with van der Waals surface area (Å²) in [6, 6.07) is -2.43. The van der Waals surface area contributed by atoms with Gasteiger partial charge in [-0.3, -0.25) is 14.7 Å². The summed E-state index contributed by atoms with van der Waals surface area (Å²) in [7, 11) is 0. The number of carbonyl (C=O) groups is 5. The van der Waals surface area contributed by atoms with E-state index in [1.54, 1.807) is 0 Å². The molecule has 2 saturated carbocycles. The van der Waals surface area contributed by atoms with Crippen LogP contribution in [-0.4, -0.2) is 102 Å². The molecule has 0 radical (unpaired) electrons. The minimum absolute atomic E-state index is 0.0964.